The van der Waals surface area contributed by atoms with Crippen LogP contribution in [0.4, 0.5) is 10.5 Å². The van der Waals surface area contributed by atoms with Crippen molar-refractivity contribution in [3.05, 3.63) is 53.5 Å². The van der Waals surface area contributed by atoms with E-state index in [9.17, 15) is 9.59 Å². The molecule has 1 aromatic carbocycles. The van der Waals surface area contributed by atoms with Crippen molar-refractivity contribution in [1.29, 1.82) is 0 Å². The van der Waals surface area contributed by atoms with E-state index in [2.05, 4.69) is 5.32 Å². The van der Waals surface area contributed by atoms with E-state index >= 15 is 0 Å². The van der Waals surface area contributed by atoms with E-state index < -0.39 is 5.97 Å². The molecule has 0 unspecified atom stereocenters. The molecule has 2 amide bonds. The zero-order valence-corrected chi connectivity index (χ0v) is 11.8. The Kier molecular flexibility index (Phi) is 4.27. The summed E-state index contributed by atoms with van der Waals surface area (Å²) in [6.45, 7) is 2.17. The van der Waals surface area contributed by atoms with Gasteiger partial charge in [0.05, 0.1) is 24.6 Å². The first-order valence-electron chi connectivity index (χ1n) is 6.34. The highest BCUT2D eigenvalue weighted by Crippen LogP contribution is 2.17. The predicted molar refractivity (Wildman–Crippen MR) is 77.3 cm³/mol. The molecule has 2 rings (SSSR count). The number of anilines is 1. The van der Waals surface area contributed by atoms with Gasteiger partial charge in [-0.2, -0.15) is 0 Å². The first-order valence-corrected chi connectivity index (χ1v) is 6.34. The highest BCUT2D eigenvalue weighted by atomic mass is 16.4. The Morgan fingerprint density at radius 1 is 1.33 bits per heavy atom. The van der Waals surface area contributed by atoms with Crippen molar-refractivity contribution >= 4 is 17.7 Å². The Bertz CT molecular complexity index is 650. The molecule has 110 valence electrons. The predicted octanol–water partition coefficient (Wildman–Crippen LogP) is 2.95. The summed E-state index contributed by atoms with van der Waals surface area (Å²) in [4.78, 5) is 24.5. The van der Waals surface area contributed by atoms with Crippen LogP contribution in [0.25, 0.3) is 0 Å². The number of amides is 2. The lowest BCUT2D eigenvalue weighted by Gasteiger charge is -2.18. The van der Waals surface area contributed by atoms with E-state index in [4.69, 9.17) is 9.52 Å². The molecule has 0 saturated carbocycles. The number of hydrogen-bond acceptors (Lipinski definition) is 3. The summed E-state index contributed by atoms with van der Waals surface area (Å²) < 4.78 is 4.95. The zero-order valence-electron chi connectivity index (χ0n) is 11.8. The smallest absolute Gasteiger partial charge is 0.335 e. The summed E-state index contributed by atoms with van der Waals surface area (Å²) in [5.41, 5.74) is 2.37. The Labute approximate surface area is 122 Å². The molecule has 21 heavy (non-hydrogen) atoms. The molecule has 0 aliphatic heterocycles. The lowest BCUT2D eigenvalue weighted by atomic mass is 10.1. The minimum atomic E-state index is -0.993. The molecule has 6 nitrogen and oxygen atoms in total. The highest BCUT2D eigenvalue weighted by molar-refractivity contribution is 5.92. The SMILES string of the molecule is Cc1cc(C(=O)O)ccc1NC(=O)N(C)Cc1ccoc1. The van der Waals surface area contributed by atoms with Gasteiger partial charge < -0.3 is 19.7 Å². The van der Waals surface area contributed by atoms with Crippen molar-refractivity contribution in [1.82, 2.24) is 4.90 Å². The molecule has 1 aromatic heterocycles. The van der Waals surface area contributed by atoms with Crippen LogP contribution in [0.15, 0.2) is 41.2 Å². The fourth-order valence-electron chi connectivity index (χ4n) is 1.88. The maximum Gasteiger partial charge on any atom is 0.335 e. The number of carbonyl (C=O) groups excluding carboxylic acids is 1. The molecule has 0 spiro atoms. The first kappa shape index (κ1) is 14.6. The second kappa shape index (κ2) is 6.13. The molecular weight excluding hydrogens is 272 g/mol. The number of nitrogens with one attached hydrogen (secondary N) is 1. The van der Waals surface area contributed by atoms with Crippen molar-refractivity contribution in [3.63, 3.8) is 0 Å². The van der Waals surface area contributed by atoms with Gasteiger partial charge in [0.15, 0.2) is 0 Å². The maximum absolute atomic E-state index is 12.1. The summed E-state index contributed by atoms with van der Waals surface area (Å²) in [6, 6.07) is 6.08. The largest absolute Gasteiger partial charge is 0.478 e. The van der Waals surface area contributed by atoms with Gasteiger partial charge in [0, 0.05) is 18.3 Å². The van der Waals surface area contributed by atoms with Crippen molar-refractivity contribution < 1.29 is 19.1 Å². The van der Waals surface area contributed by atoms with Crippen LogP contribution in [0.5, 0.6) is 0 Å². The van der Waals surface area contributed by atoms with Gasteiger partial charge in [0.25, 0.3) is 0 Å². The van der Waals surface area contributed by atoms with E-state index in [-0.39, 0.29) is 11.6 Å². The number of carboxylic acid groups (broad SMARTS) is 1. The summed E-state index contributed by atoms with van der Waals surface area (Å²) in [7, 11) is 1.67. The summed E-state index contributed by atoms with van der Waals surface area (Å²) >= 11 is 0. The fourth-order valence-corrected chi connectivity index (χ4v) is 1.88. The average molecular weight is 288 g/mol. The number of hydrogen-bond donors (Lipinski definition) is 2. The summed E-state index contributed by atoms with van der Waals surface area (Å²) in [5.74, 6) is -0.993. The summed E-state index contributed by atoms with van der Waals surface area (Å²) in [5, 5.41) is 11.7. The molecule has 2 N–H and O–H groups in total. The lowest BCUT2D eigenvalue weighted by molar-refractivity contribution is 0.0697. The van der Waals surface area contributed by atoms with Crippen LogP contribution < -0.4 is 5.32 Å². The van der Waals surface area contributed by atoms with Crippen molar-refractivity contribution in [3.8, 4) is 0 Å². The van der Waals surface area contributed by atoms with E-state index in [1.165, 1.54) is 17.0 Å². The number of urea groups is 1. The number of carboxylic acids is 1. The van der Waals surface area contributed by atoms with Crippen LogP contribution in [0.2, 0.25) is 0 Å². The number of furan rings is 1. The minimum Gasteiger partial charge on any atom is -0.478 e. The molecule has 1 heterocycles. The van der Waals surface area contributed by atoms with Gasteiger partial charge in [-0.3, -0.25) is 0 Å². The summed E-state index contributed by atoms with van der Waals surface area (Å²) in [6.07, 6.45) is 3.13. The van der Waals surface area contributed by atoms with Crippen LogP contribution >= 0.6 is 0 Å². The monoisotopic (exact) mass is 288 g/mol. The number of benzene rings is 1. The molecule has 6 heteroatoms. The van der Waals surface area contributed by atoms with Crippen LogP contribution in [-0.4, -0.2) is 29.1 Å². The number of aryl methyl sites for hydroxylation is 1. The quantitative estimate of drug-likeness (QED) is 0.906. The molecular formula is C15H16N2O4. The van der Waals surface area contributed by atoms with E-state index in [1.54, 1.807) is 38.6 Å². The minimum absolute atomic E-state index is 0.192. The topological polar surface area (TPSA) is 82.8 Å². The third-order valence-electron chi connectivity index (χ3n) is 3.06. The van der Waals surface area contributed by atoms with Gasteiger partial charge in [-0.15, -0.1) is 0 Å². The van der Waals surface area contributed by atoms with Crippen LogP contribution in [0.1, 0.15) is 21.5 Å². The Balaban J connectivity index is 2.03. The number of nitrogens with zero attached hydrogens (tertiary/aromatic N) is 1. The normalized spacial score (nSPS) is 10.2. The van der Waals surface area contributed by atoms with E-state index in [1.807, 2.05) is 0 Å². The van der Waals surface area contributed by atoms with E-state index in [0.29, 0.717) is 17.8 Å². The van der Waals surface area contributed by atoms with Crippen molar-refractivity contribution in [2.75, 3.05) is 12.4 Å². The second-order valence-corrected chi connectivity index (χ2v) is 4.75. The van der Waals surface area contributed by atoms with Crippen molar-refractivity contribution in [2.24, 2.45) is 0 Å². The molecule has 0 saturated heterocycles. The molecule has 2 aromatic rings. The third kappa shape index (κ3) is 3.62. The fraction of sp³-hybridized carbons (Fsp3) is 0.200. The van der Waals surface area contributed by atoms with Gasteiger partial charge in [-0.25, -0.2) is 9.59 Å². The van der Waals surface area contributed by atoms with Crippen LogP contribution in [0.3, 0.4) is 0 Å². The van der Waals surface area contributed by atoms with Crippen molar-refractivity contribution in [2.45, 2.75) is 13.5 Å². The molecule has 0 bridgehead atoms. The molecule has 0 aliphatic carbocycles. The molecule has 0 fully saturated rings. The van der Waals surface area contributed by atoms with E-state index in [0.717, 1.165) is 5.56 Å². The third-order valence-corrected chi connectivity index (χ3v) is 3.06. The van der Waals surface area contributed by atoms with Gasteiger partial charge >= 0.3 is 12.0 Å². The average Bonchev–Trinajstić information content (AvgIpc) is 2.93. The first-order chi connectivity index (χ1) is 9.97. The Morgan fingerprint density at radius 2 is 2.10 bits per heavy atom. The zero-order chi connectivity index (χ0) is 15.4. The van der Waals surface area contributed by atoms with Gasteiger partial charge in [0.1, 0.15) is 0 Å². The maximum atomic E-state index is 12.1. The number of carbonyl (C=O) groups is 2. The van der Waals surface area contributed by atoms with Gasteiger partial charge in [-0.1, -0.05) is 0 Å². The Morgan fingerprint density at radius 3 is 2.67 bits per heavy atom. The number of aromatic carboxylic acids is 1. The van der Waals surface area contributed by atoms with Gasteiger partial charge in [0.2, 0.25) is 0 Å². The van der Waals surface area contributed by atoms with Crippen LogP contribution in [-0.2, 0) is 6.54 Å². The van der Waals surface area contributed by atoms with Crippen LogP contribution in [0, 0.1) is 6.92 Å². The number of rotatable bonds is 4. The molecule has 0 radical (unpaired) electrons. The Hall–Kier alpha value is -2.76. The highest BCUT2D eigenvalue weighted by Gasteiger charge is 2.12. The molecule has 0 aliphatic rings. The standard InChI is InChI=1S/C15H16N2O4/c1-10-7-12(14(18)19)3-4-13(10)16-15(20)17(2)8-11-5-6-21-9-11/h3-7,9H,8H2,1-2H3,(H,16,20)(H,18,19). The van der Waals surface area contributed by atoms with Gasteiger partial charge in [-0.05, 0) is 36.8 Å². The lowest BCUT2D eigenvalue weighted by Crippen LogP contribution is -2.30. The molecule has 0 atom stereocenters. The second-order valence-electron chi connectivity index (χ2n) is 4.75.